The second-order valence-electron chi connectivity index (χ2n) is 5.13. The molecule has 4 nitrogen and oxygen atoms in total. The first-order valence-electron chi connectivity index (χ1n) is 7.01. The topological polar surface area (TPSA) is 50.4 Å². The van der Waals surface area contributed by atoms with Crippen LogP contribution in [0.15, 0.2) is 48.5 Å². The number of nitrogens with one attached hydrogen (secondary N) is 2. The van der Waals surface area contributed by atoms with E-state index >= 15 is 0 Å². The third-order valence-electron chi connectivity index (χ3n) is 3.74. The van der Waals surface area contributed by atoms with E-state index in [-0.39, 0.29) is 11.9 Å². The van der Waals surface area contributed by atoms with Gasteiger partial charge in [0.1, 0.15) is 5.75 Å². The van der Waals surface area contributed by atoms with E-state index in [0.717, 1.165) is 18.0 Å². The molecule has 0 radical (unpaired) electrons. The van der Waals surface area contributed by atoms with Crippen LogP contribution >= 0.6 is 0 Å². The molecule has 0 saturated carbocycles. The second kappa shape index (κ2) is 5.97. The Bertz CT molecular complexity index is 655. The molecule has 2 aromatic rings. The van der Waals surface area contributed by atoms with Gasteiger partial charge < -0.3 is 15.4 Å². The monoisotopic (exact) mass is 282 g/mol. The van der Waals surface area contributed by atoms with Crippen molar-refractivity contribution in [3.63, 3.8) is 0 Å². The van der Waals surface area contributed by atoms with Gasteiger partial charge in [0.15, 0.2) is 0 Å². The minimum absolute atomic E-state index is 0.0160. The number of anilines is 1. The maximum atomic E-state index is 12.4. The molecule has 2 aromatic carbocycles. The highest BCUT2D eigenvalue weighted by molar-refractivity contribution is 5.95. The predicted molar refractivity (Wildman–Crippen MR) is 82.4 cm³/mol. The van der Waals surface area contributed by atoms with Crippen LogP contribution in [0.1, 0.15) is 11.1 Å². The van der Waals surface area contributed by atoms with Crippen LogP contribution in [0.3, 0.4) is 0 Å². The molecule has 1 aliphatic heterocycles. The standard InChI is InChI=1S/C17H18N2O2/c1-21-15-8-4-7-14(10-15)19-17(20)16-9-12-5-2-3-6-13(12)11-18-16/h2-8,10,16,18H,9,11H2,1H3,(H,19,20). The van der Waals surface area contributed by atoms with E-state index in [2.05, 4.69) is 22.8 Å². The Morgan fingerprint density at radius 3 is 2.81 bits per heavy atom. The molecular weight excluding hydrogens is 264 g/mol. The molecule has 0 fully saturated rings. The molecule has 3 rings (SSSR count). The Morgan fingerprint density at radius 1 is 1.19 bits per heavy atom. The highest BCUT2D eigenvalue weighted by atomic mass is 16.5. The van der Waals surface area contributed by atoms with Gasteiger partial charge in [0.2, 0.25) is 5.91 Å². The van der Waals surface area contributed by atoms with E-state index in [0.29, 0.717) is 6.42 Å². The smallest absolute Gasteiger partial charge is 0.241 e. The molecule has 108 valence electrons. The van der Waals surface area contributed by atoms with Gasteiger partial charge in [0.05, 0.1) is 13.2 Å². The minimum atomic E-state index is -0.203. The number of carbonyl (C=O) groups excluding carboxylic acids is 1. The first-order valence-corrected chi connectivity index (χ1v) is 7.01. The lowest BCUT2D eigenvalue weighted by atomic mass is 9.95. The summed E-state index contributed by atoms with van der Waals surface area (Å²) in [6, 6.07) is 15.4. The summed E-state index contributed by atoms with van der Waals surface area (Å²) in [5.74, 6) is 0.715. The van der Waals surface area contributed by atoms with Gasteiger partial charge in [-0.3, -0.25) is 4.79 Å². The van der Waals surface area contributed by atoms with Crippen molar-refractivity contribution in [3.05, 3.63) is 59.7 Å². The summed E-state index contributed by atoms with van der Waals surface area (Å²) < 4.78 is 5.16. The molecule has 0 aliphatic carbocycles. The summed E-state index contributed by atoms with van der Waals surface area (Å²) in [5, 5.41) is 6.22. The summed E-state index contributed by atoms with van der Waals surface area (Å²) in [5.41, 5.74) is 3.25. The van der Waals surface area contributed by atoms with Gasteiger partial charge in [-0.25, -0.2) is 0 Å². The van der Waals surface area contributed by atoms with Gasteiger partial charge in [-0.05, 0) is 29.7 Å². The Kier molecular flexibility index (Phi) is 3.88. The molecular formula is C17H18N2O2. The lowest BCUT2D eigenvalue weighted by Gasteiger charge is -2.25. The van der Waals surface area contributed by atoms with Crippen LogP contribution in [0.4, 0.5) is 5.69 Å². The van der Waals surface area contributed by atoms with Crippen molar-refractivity contribution >= 4 is 11.6 Å². The van der Waals surface area contributed by atoms with Crippen molar-refractivity contribution in [2.24, 2.45) is 0 Å². The van der Waals surface area contributed by atoms with Gasteiger partial charge in [-0.15, -0.1) is 0 Å². The van der Waals surface area contributed by atoms with Crippen LogP contribution in [0.5, 0.6) is 5.75 Å². The molecule has 0 saturated heterocycles. The van der Waals surface area contributed by atoms with Crippen LogP contribution in [0.25, 0.3) is 0 Å². The van der Waals surface area contributed by atoms with E-state index in [1.54, 1.807) is 7.11 Å². The van der Waals surface area contributed by atoms with Crippen molar-refractivity contribution in [2.45, 2.75) is 19.0 Å². The van der Waals surface area contributed by atoms with Crippen molar-refractivity contribution in [2.75, 3.05) is 12.4 Å². The fourth-order valence-corrected chi connectivity index (χ4v) is 2.57. The van der Waals surface area contributed by atoms with E-state index in [4.69, 9.17) is 4.74 Å². The minimum Gasteiger partial charge on any atom is -0.497 e. The third-order valence-corrected chi connectivity index (χ3v) is 3.74. The number of amides is 1. The van der Waals surface area contributed by atoms with Crippen LogP contribution < -0.4 is 15.4 Å². The molecule has 21 heavy (non-hydrogen) atoms. The zero-order valence-electron chi connectivity index (χ0n) is 11.9. The summed E-state index contributed by atoms with van der Waals surface area (Å²) in [6.45, 7) is 0.729. The quantitative estimate of drug-likeness (QED) is 0.908. The first kappa shape index (κ1) is 13.6. The molecule has 0 bridgehead atoms. The maximum absolute atomic E-state index is 12.4. The van der Waals surface area contributed by atoms with Crippen LogP contribution in [0.2, 0.25) is 0 Å². The predicted octanol–water partition coefficient (Wildman–Crippen LogP) is 2.35. The van der Waals surface area contributed by atoms with E-state index in [1.807, 2.05) is 36.4 Å². The van der Waals surface area contributed by atoms with Crippen molar-refractivity contribution in [1.29, 1.82) is 0 Å². The summed E-state index contributed by atoms with van der Waals surface area (Å²) in [6.07, 6.45) is 0.714. The number of fused-ring (bicyclic) bond motifs is 1. The summed E-state index contributed by atoms with van der Waals surface area (Å²) >= 11 is 0. The molecule has 0 spiro atoms. The zero-order chi connectivity index (χ0) is 14.7. The highest BCUT2D eigenvalue weighted by Crippen LogP contribution is 2.19. The highest BCUT2D eigenvalue weighted by Gasteiger charge is 2.23. The number of methoxy groups -OCH3 is 1. The molecule has 1 unspecified atom stereocenters. The molecule has 1 atom stereocenters. The maximum Gasteiger partial charge on any atom is 0.241 e. The van der Waals surface area contributed by atoms with E-state index < -0.39 is 0 Å². The summed E-state index contributed by atoms with van der Waals surface area (Å²) in [4.78, 5) is 12.4. The van der Waals surface area contributed by atoms with Crippen molar-refractivity contribution in [1.82, 2.24) is 5.32 Å². The molecule has 2 N–H and O–H groups in total. The average Bonchev–Trinajstić information content (AvgIpc) is 2.54. The summed E-state index contributed by atoms with van der Waals surface area (Å²) in [7, 11) is 1.61. The molecule has 1 amide bonds. The molecule has 1 aliphatic rings. The van der Waals surface area contributed by atoms with Gasteiger partial charge in [-0.2, -0.15) is 0 Å². The number of rotatable bonds is 3. The fourth-order valence-electron chi connectivity index (χ4n) is 2.57. The molecule has 1 heterocycles. The number of hydrogen-bond donors (Lipinski definition) is 2. The molecule has 4 heteroatoms. The van der Waals surface area contributed by atoms with E-state index in [1.165, 1.54) is 11.1 Å². The average molecular weight is 282 g/mol. The number of hydrogen-bond acceptors (Lipinski definition) is 3. The van der Waals surface area contributed by atoms with Gasteiger partial charge >= 0.3 is 0 Å². The normalized spacial score (nSPS) is 16.9. The zero-order valence-corrected chi connectivity index (χ0v) is 11.9. The van der Waals surface area contributed by atoms with Crippen LogP contribution in [0, 0.1) is 0 Å². The van der Waals surface area contributed by atoms with Crippen molar-refractivity contribution in [3.8, 4) is 5.75 Å². The lowest BCUT2D eigenvalue weighted by Crippen LogP contribution is -2.44. The lowest BCUT2D eigenvalue weighted by molar-refractivity contribution is -0.118. The Morgan fingerprint density at radius 2 is 2.00 bits per heavy atom. The van der Waals surface area contributed by atoms with Crippen LogP contribution in [-0.2, 0) is 17.8 Å². The number of benzene rings is 2. The van der Waals surface area contributed by atoms with Gasteiger partial charge in [0, 0.05) is 18.3 Å². The van der Waals surface area contributed by atoms with Crippen molar-refractivity contribution < 1.29 is 9.53 Å². The Hall–Kier alpha value is -2.33. The second-order valence-corrected chi connectivity index (χ2v) is 5.13. The van der Waals surface area contributed by atoms with E-state index in [9.17, 15) is 4.79 Å². The Balaban J connectivity index is 1.69. The third kappa shape index (κ3) is 3.06. The molecule has 0 aromatic heterocycles. The fraction of sp³-hybridized carbons (Fsp3) is 0.235. The number of carbonyl (C=O) groups is 1. The first-order chi connectivity index (χ1) is 10.3. The van der Waals surface area contributed by atoms with Crippen LogP contribution in [-0.4, -0.2) is 19.1 Å². The van der Waals surface area contributed by atoms with Gasteiger partial charge in [-0.1, -0.05) is 30.3 Å². The number of ether oxygens (including phenoxy) is 1. The SMILES string of the molecule is COc1cccc(NC(=O)C2Cc3ccccc3CN2)c1. The largest absolute Gasteiger partial charge is 0.497 e. The Labute approximate surface area is 124 Å². The van der Waals surface area contributed by atoms with Gasteiger partial charge in [0.25, 0.3) is 0 Å².